The molecule has 2 aromatic heterocycles. The number of aromatic nitrogens is 2. The number of carbonyl (C=O) groups is 1. The largest absolute Gasteiger partial charge is 0.417 e. The van der Waals surface area contributed by atoms with Crippen molar-refractivity contribution in [2.45, 2.75) is 57.7 Å². The van der Waals surface area contributed by atoms with Crippen molar-refractivity contribution in [2.75, 3.05) is 6.54 Å². The molecule has 0 radical (unpaired) electrons. The van der Waals surface area contributed by atoms with Gasteiger partial charge < -0.3 is 4.90 Å². The highest BCUT2D eigenvalue weighted by atomic mass is 32.1. The minimum absolute atomic E-state index is 0.0264. The van der Waals surface area contributed by atoms with E-state index in [1.807, 2.05) is 42.2 Å². The van der Waals surface area contributed by atoms with Gasteiger partial charge in [0.15, 0.2) is 0 Å². The van der Waals surface area contributed by atoms with Crippen molar-refractivity contribution >= 4 is 17.2 Å². The molecule has 34 heavy (non-hydrogen) atoms. The van der Waals surface area contributed by atoms with E-state index in [0.29, 0.717) is 36.2 Å². The zero-order chi connectivity index (χ0) is 23.9. The summed E-state index contributed by atoms with van der Waals surface area (Å²) in [5, 5.41) is 0.850. The Morgan fingerprint density at radius 1 is 1.15 bits per heavy atom. The van der Waals surface area contributed by atoms with Gasteiger partial charge in [-0.3, -0.25) is 9.78 Å². The first-order chi connectivity index (χ1) is 16.2. The van der Waals surface area contributed by atoms with Crippen LogP contribution >= 0.6 is 11.3 Å². The van der Waals surface area contributed by atoms with Gasteiger partial charge in [0, 0.05) is 24.5 Å². The zero-order valence-corrected chi connectivity index (χ0v) is 19.8. The number of halogens is 3. The summed E-state index contributed by atoms with van der Waals surface area (Å²) in [6.07, 6.45) is 2.02. The maximum Gasteiger partial charge on any atom is 0.417 e. The van der Waals surface area contributed by atoms with Crippen LogP contribution in [0.3, 0.4) is 0 Å². The standard InChI is InChI=1S/C26H26F3N3OS/c1-17-31-22(23(34-17)18-5-3-2-4-6-18)24(33)32-14-13-25(11-12-25)15-21(32)10-9-20-8-7-19(16-30-20)26(27,28)29/h2-8,16,21H,9-15H2,1H3. The molecule has 2 aliphatic rings. The highest BCUT2D eigenvalue weighted by Crippen LogP contribution is 2.55. The lowest BCUT2D eigenvalue weighted by molar-refractivity contribution is -0.137. The fourth-order valence-electron chi connectivity index (χ4n) is 4.96. The fourth-order valence-corrected chi connectivity index (χ4v) is 5.87. The lowest BCUT2D eigenvalue weighted by Gasteiger charge is -2.40. The van der Waals surface area contributed by atoms with Crippen LogP contribution in [0.2, 0.25) is 0 Å². The molecule has 1 saturated carbocycles. The first-order valence-electron chi connectivity index (χ1n) is 11.6. The molecule has 1 unspecified atom stereocenters. The average Bonchev–Trinajstić information content (AvgIpc) is 3.45. The number of thiazole rings is 1. The maximum atomic E-state index is 13.7. The number of likely N-dealkylation sites (tertiary alicyclic amines) is 1. The zero-order valence-electron chi connectivity index (χ0n) is 18.9. The minimum atomic E-state index is -4.39. The molecule has 2 fully saturated rings. The molecule has 1 amide bonds. The van der Waals surface area contributed by atoms with Gasteiger partial charge in [-0.25, -0.2) is 4.98 Å². The number of pyridine rings is 1. The van der Waals surface area contributed by atoms with E-state index in [4.69, 9.17) is 0 Å². The number of piperidine rings is 1. The van der Waals surface area contributed by atoms with E-state index in [1.54, 1.807) is 0 Å². The molecule has 3 heterocycles. The van der Waals surface area contributed by atoms with Gasteiger partial charge in [-0.05, 0) is 68.6 Å². The predicted molar refractivity (Wildman–Crippen MR) is 126 cm³/mol. The Morgan fingerprint density at radius 2 is 1.91 bits per heavy atom. The van der Waals surface area contributed by atoms with Gasteiger partial charge in [-0.15, -0.1) is 11.3 Å². The predicted octanol–water partition coefficient (Wildman–Crippen LogP) is 6.55. The maximum absolute atomic E-state index is 13.7. The summed E-state index contributed by atoms with van der Waals surface area (Å²) in [7, 11) is 0. The average molecular weight is 486 g/mol. The second kappa shape index (κ2) is 8.80. The van der Waals surface area contributed by atoms with E-state index < -0.39 is 11.7 Å². The van der Waals surface area contributed by atoms with Gasteiger partial charge in [-0.2, -0.15) is 13.2 Å². The molecule has 1 aliphatic heterocycles. The second-order valence-corrected chi connectivity index (χ2v) is 10.7. The normalized spacial score (nSPS) is 19.4. The SMILES string of the molecule is Cc1nc(C(=O)N2CCC3(CC3)CC2CCc2ccc(C(F)(F)F)cn2)c(-c2ccccc2)s1. The molecule has 8 heteroatoms. The van der Waals surface area contributed by atoms with Crippen molar-refractivity contribution in [3.63, 3.8) is 0 Å². The first-order valence-corrected chi connectivity index (χ1v) is 12.4. The molecule has 0 bridgehead atoms. The fraction of sp³-hybridized carbons (Fsp3) is 0.423. The number of hydrogen-bond donors (Lipinski definition) is 0. The van der Waals surface area contributed by atoms with Crippen LogP contribution in [0.1, 0.15) is 58.9 Å². The number of benzene rings is 1. The van der Waals surface area contributed by atoms with Gasteiger partial charge in [0.1, 0.15) is 5.69 Å². The van der Waals surface area contributed by atoms with Crippen molar-refractivity contribution < 1.29 is 18.0 Å². The number of alkyl halides is 3. The summed E-state index contributed by atoms with van der Waals surface area (Å²) in [4.78, 5) is 25.2. The van der Waals surface area contributed by atoms with Gasteiger partial charge >= 0.3 is 6.18 Å². The van der Waals surface area contributed by atoms with Crippen molar-refractivity contribution in [1.82, 2.24) is 14.9 Å². The van der Waals surface area contributed by atoms with Gasteiger partial charge in [0.05, 0.1) is 15.4 Å². The number of carbonyl (C=O) groups excluding carboxylic acids is 1. The Kier molecular flexibility index (Phi) is 5.96. The first kappa shape index (κ1) is 23.0. The third-order valence-corrected chi connectivity index (χ3v) is 8.09. The topological polar surface area (TPSA) is 46.1 Å². The van der Waals surface area contributed by atoms with Crippen LogP contribution < -0.4 is 0 Å². The molecule has 4 nitrogen and oxygen atoms in total. The molecule has 5 rings (SSSR count). The van der Waals surface area contributed by atoms with E-state index in [2.05, 4.69) is 9.97 Å². The van der Waals surface area contributed by atoms with E-state index in [-0.39, 0.29) is 11.9 Å². The third-order valence-electron chi connectivity index (χ3n) is 7.07. The van der Waals surface area contributed by atoms with Crippen LogP contribution in [-0.2, 0) is 12.6 Å². The molecule has 3 aromatic rings. The quantitative estimate of drug-likeness (QED) is 0.412. The molecular weight excluding hydrogens is 459 g/mol. The Morgan fingerprint density at radius 3 is 2.56 bits per heavy atom. The van der Waals surface area contributed by atoms with Gasteiger partial charge in [0.2, 0.25) is 0 Å². The number of hydrogen-bond acceptors (Lipinski definition) is 4. The third kappa shape index (κ3) is 4.73. The minimum Gasteiger partial charge on any atom is -0.334 e. The molecular formula is C26H26F3N3OS. The Hall–Kier alpha value is -2.74. The molecule has 1 atom stereocenters. The summed E-state index contributed by atoms with van der Waals surface area (Å²) < 4.78 is 38.6. The lowest BCUT2D eigenvalue weighted by Crippen LogP contribution is -2.47. The van der Waals surface area contributed by atoms with Gasteiger partial charge in [-0.1, -0.05) is 30.3 Å². The molecule has 1 spiro atoms. The summed E-state index contributed by atoms with van der Waals surface area (Å²) in [5.74, 6) is -0.0518. The smallest absolute Gasteiger partial charge is 0.334 e. The van der Waals surface area contributed by atoms with Crippen molar-refractivity contribution in [3.05, 3.63) is 70.6 Å². The van der Waals surface area contributed by atoms with Crippen LogP contribution in [0.4, 0.5) is 13.2 Å². The molecule has 1 saturated heterocycles. The van der Waals surface area contributed by atoms with Crippen LogP contribution in [-0.4, -0.2) is 33.4 Å². The van der Waals surface area contributed by atoms with Crippen LogP contribution in [0, 0.1) is 12.3 Å². The summed E-state index contributed by atoms with van der Waals surface area (Å²) in [5.41, 5.74) is 1.69. The molecule has 1 aliphatic carbocycles. The summed E-state index contributed by atoms with van der Waals surface area (Å²) in [6, 6.07) is 12.4. The monoisotopic (exact) mass is 485 g/mol. The highest BCUT2D eigenvalue weighted by molar-refractivity contribution is 7.15. The molecule has 1 aromatic carbocycles. The van der Waals surface area contributed by atoms with E-state index >= 15 is 0 Å². The molecule has 178 valence electrons. The Balaban J connectivity index is 1.36. The van der Waals surface area contributed by atoms with Gasteiger partial charge in [0.25, 0.3) is 5.91 Å². The van der Waals surface area contributed by atoms with E-state index in [0.717, 1.165) is 40.6 Å². The second-order valence-electron chi connectivity index (χ2n) is 9.46. The number of nitrogens with zero attached hydrogens (tertiary/aromatic N) is 3. The number of amides is 1. The van der Waals surface area contributed by atoms with Crippen LogP contribution in [0.15, 0.2) is 48.7 Å². The Labute approximate surface area is 200 Å². The van der Waals surface area contributed by atoms with Crippen molar-refractivity contribution in [3.8, 4) is 10.4 Å². The van der Waals surface area contributed by atoms with Crippen molar-refractivity contribution in [1.29, 1.82) is 0 Å². The number of rotatable bonds is 5. The Bertz CT molecular complexity index is 1170. The van der Waals surface area contributed by atoms with E-state index in [9.17, 15) is 18.0 Å². The van der Waals surface area contributed by atoms with E-state index in [1.165, 1.54) is 30.2 Å². The van der Waals surface area contributed by atoms with Crippen LogP contribution in [0.5, 0.6) is 0 Å². The number of aryl methyl sites for hydroxylation is 2. The molecule has 0 N–H and O–H groups in total. The lowest BCUT2D eigenvalue weighted by atomic mass is 9.85. The van der Waals surface area contributed by atoms with Crippen molar-refractivity contribution in [2.24, 2.45) is 5.41 Å². The highest BCUT2D eigenvalue weighted by Gasteiger charge is 2.49. The summed E-state index contributed by atoms with van der Waals surface area (Å²) in [6.45, 7) is 2.60. The summed E-state index contributed by atoms with van der Waals surface area (Å²) >= 11 is 1.53. The van der Waals surface area contributed by atoms with Crippen LogP contribution in [0.25, 0.3) is 10.4 Å².